The maximum atomic E-state index is 6.01. The van der Waals surface area contributed by atoms with Crippen LogP contribution < -0.4 is 10.1 Å². The van der Waals surface area contributed by atoms with E-state index in [2.05, 4.69) is 49.3 Å². The highest BCUT2D eigenvalue weighted by Gasteiger charge is 2.11. The molecule has 1 heterocycles. The third-order valence-corrected chi connectivity index (χ3v) is 3.49. The molecule has 1 N–H and O–H groups in total. The van der Waals surface area contributed by atoms with Crippen molar-refractivity contribution < 1.29 is 4.74 Å². The third-order valence-electron chi connectivity index (χ3n) is 3.49. The Bertz CT molecular complexity index is 554. The average Bonchev–Trinajstić information content (AvgIpc) is 2.49. The number of aromatic nitrogens is 1. The van der Waals surface area contributed by atoms with E-state index in [4.69, 9.17) is 4.74 Å². The van der Waals surface area contributed by atoms with Crippen LogP contribution in [0.1, 0.15) is 36.7 Å². The van der Waals surface area contributed by atoms with E-state index in [1.807, 2.05) is 24.4 Å². The monoisotopic (exact) mass is 284 g/mol. The smallest absolute Gasteiger partial charge is 0.124 e. The number of rotatable bonds is 7. The summed E-state index contributed by atoms with van der Waals surface area (Å²) in [6.07, 6.45) is 2.64. The lowest BCUT2D eigenvalue weighted by molar-refractivity contribution is 0.313. The largest absolute Gasteiger partial charge is 0.493 e. The van der Waals surface area contributed by atoms with Crippen LogP contribution >= 0.6 is 0 Å². The van der Waals surface area contributed by atoms with Gasteiger partial charge in [-0.2, -0.15) is 0 Å². The zero-order valence-corrected chi connectivity index (χ0v) is 13.1. The van der Waals surface area contributed by atoms with Crippen molar-refractivity contribution in [2.75, 3.05) is 13.2 Å². The summed E-state index contributed by atoms with van der Waals surface area (Å²) in [5.41, 5.74) is 3.49. The van der Waals surface area contributed by atoms with Crippen molar-refractivity contribution in [3.8, 4) is 5.75 Å². The summed E-state index contributed by atoms with van der Waals surface area (Å²) in [6, 6.07) is 12.7. The molecule has 0 amide bonds. The van der Waals surface area contributed by atoms with Crippen molar-refractivity contribution in [2.45, 2.75) is 33.2 Å². The number of hydrogen-bond donors (Lipinski definition) is 1. The molecule has 1 atom stereocenters. The van der Waals surface area contributed by atoms with Crippen LogP contribution in [0.25, 0.3) is 0 Å². The van der Waals surface area contributed by atoms with Crippen molar-refractivity contribution >= 4 is 0 Å². The second kappa shape index (κ2) is 7.79. The van der Waals surface area contributed by atoms with Crippen LogP contribution in [0.3, 0.4) is 0 Å². The average molecular weight is 284 g/mol. The molecule has 0 saturated carbocycles. The molecule has 0 radical (unpaired) electrons. The normalized spacial score (nSPS) is 12.1. The Labute approximate surface area is 127 Å². The fraction of sp³-hybridized carbons (Fsp3) is 0.389. The van der Waals surface area contributed by atoms with Gasteiger partial charge >= 0.3 is 0 Å². The molecule has 1 aromatic heterocycles. The van der Waals surface area contributed by atoms with Gasteiger partial charge in [0, 0.05) is 29.9 Å². The van der Waals surface area contributed by atoms with Crippen molar-refractivity contribution in [1.29, 1.82) is 0 Å². The second-order valence-corrected chi connectivity index (χ2v) is 5.24. The number of nitrogens with zero attached hydrogens (tertiary/aromatic N) is 1. The molecule has 0 spiro atoms. The molecule has 3 nitrogen and oxygen atoms in total. The summed E-state index contributed by atoms with van der Waals surface area (Å²) in [5, 5.41) is 3.44. The summed E-state index contributed by atoms with van der Waals surface area (Å²) in [4.78, 5) is 4.32. The highest BCUT2D eigenvalue weighted by molar-refractivity contribution is 5.39. The Kier molecular flexibility index (Phi) is 5.76. The summed E-state index contributed by atoms with van der Waals surface area (Å²) >= 11 is 0. The first kappa shape index (κ1) is 15.5. The predicted molar refractivity (Wildman–Crippen MR) is 86.7 cm³/mol. The second-order valence-electron chi connectivity index (χ2n) is 5.24. The maximum absolute atomic E-state index is 6.01. The summed E-state index contributed by atoms with van der Waals surface area (Å²) in [6.45, 7) is 7.97. The van der Waals surface area contributed by atoms with Gasteiger partial charge in [0.05, 0.1) is 6.61 Å². The number of aryl methyl sites for hydroxylation is 1. The molecule has 112 valence electrons. The zero-order chi connectivity index (χ0) is 15.1. The number of nitrogens with one attached hydrogen (secondary N) is 1. The molecule has 2 rings (SSSR count). The lowest BCUT2D eigenvalue weighted by atomic mass is 10.0. The Hall–Kier alpha value is -1.87. The van der Waals surface area contributed by atoms with Gasteiger partial charge in [-0.15, -0.1) is 0 Å². The summed E-state index contributed by atoms with van der Waals surface area (Å²) in [5.74, 6) is 0.972. The molecule has 0 saturated heterocycles. The van der Waals surface area contributed by atoms with E-state index in [1.54, 1.807) is 0 Å². The first-order valence-corrected chi connectivity index (χ1v) is 7.57. The van der Waals surface area contributed by atoms with E-state index in [0.717, 1.165) is 24.4 Å². The molecule has 0 aliphatic rings. The fourth-order valence-electron chi connectivity index (χ4n) is 2.35. The Morgan fingerprint density at radius 1 is 1.24 bits per heavy atom. The van der Waals surface area contributed by atoms with E-state index in [9.17, 15) is 0 Å². The third kappa shape index (κ3) is 4.57. The minimum Gasteiger partial charge on any atom is -0.493 e. The molecule has 0 aliphatic heterocycles. The first-order chi connectivity index (χ1) is 10.2. The van der Waals surface area contributed by atoms with Gasteiger partial charge in [-0.3, -0.25) is 4.98 Å². The molecule has 0 fully saturated rings. The minimum atomic E-state index is 0.292. The number of ether oxygens (including phenoxy) is 1. The summed E-state index contributed by atoms with van der Waals surface area (Å²) in [7, 11) is 0. The fourth-order valence-corrected chi connectivity index (χ4v) is 2.35. The van der Waals surface area contributed by atoms with Crippen molar-refractivity contribution in [3.05, 3.63) is 59.4 Å². The Morgan fingerprint density at radius 2 is 2.10 bits per heavy atom. The van der Waals surface area contributed by atoms with E-state index in [0.29, 0.717) is 12.6 Å². The van der Waals surface area contributed by atoms with E-state index in [-0.39, 0.29) is 0 Å². The van der Waals surface area contributed by atoms with Gasteiger partial charge in [-0.25, -0.2) is 0 Å². The Balaban J connectivity index is 2.02. The van der Waals surface area contributed by atoms with Crippen molar-refractivity contribution in [3.63, 3.8) is 0 Å². The molecule has 1 unspecified atom stereocenters. The van der Waals surface area contributed by atoms with Gasteiger partial charge in [0.2, 0.25) is 0 Å². The molecule has 21 heavy (non-hydrogen) atoms. The highest BCUT2D eigenvalue weighted by atomic mass is 16.5. The number of hydrogen-bond acceptors (Lipinski definition) is 3. The SMILES string of the molecule is CCNC(C)c1ccc(C)cc1OCCc1ccccn1. The van der Waals surface area contributed by atoms with Crippen LogP contribution in [-0.4, -0.2) is 18.1 Å². The molecule has 3 heteroatoms. The number of pyridine rings is 1. The molecule has 0 bridgehead atoms. The van der Waals surface area contributed by atoms with Gasteiger partial charge in [0.1, 0.15) is 5.75 Å². The topological polar surface area (TPSA) is 34.1 Å². The van der Waals surface area contributed by atoms with Crippen molar-refractivity contribution in [1.82, 2.24) is 10.3 Å². The minimum absolute atomic E-state index is 0.292. The summed E-state index contributed by atoms with van der Waals surface area (Å²) < 4.78 is 6.01. The molecule has 0 aliphatic carbocycles. The predicted octanol–water partition coefficient (Wildman–Crippen LogP) is 3.68. The van der Waals surface area contributed by atoms with Crippen molar-refractivity contribution in [2.24, 2.45) is 0 Å². The van der Waals surface area contributed by atoms with Crippen LogP contribution in [0, 0.1) is 6.92 Å². The zero-order valence-electron chi connectivity index (χ0n) is 13.1. The van der Waals surface area contributed by atoms with Crippen LogP contribution in [0.5, 0.6) is 5.75 Å². The van der Waals surface area contributed by atoms with E-state index in [1.165, 1.54) is 11.1 Å². The van der Waals surface area contributed by atoms with E-state index < -0.39 is 0 Å². The Morgan fingerprint density at radius 3 is 2.81 bits per heavy atom. The van der Waals surface area contributed by atoms with Crippen LogP contribution in [0.4, 0.5) is 0 Å². The molecular formula is C18H24N2O. The molecular weight excluding hydrogens is 260 g/mol. The van der Waals surface area contributed by atoms with Crippen LogP contribution in [0.2, 0.25) is 0 Å². The standard InChI is InChI=1S/C18H24N2O/c1-4-19-15(3)17-9-8-14(2)13-18(17)21-12-10-16-7-5-6-11-20-16/h5-9,11,13,15,19H,4,10,12H2,1-3H3. The quantitative estimate of drug-likeness (QED) is 0.842. The number of benzene rings is 1. The van der Waals surface area contributed by atoms with E-state index >= 15 is 0 Å². The van der Waals surface area contributed by atoms with Gasteiger partial charge in [0.25, 0.3) is 0 Å². The first-order valence-electron chi connectivity index (χ1n) is 7.57. The maximum Gasteiger partial charge on any atom is 0.124 e. The van der Waals surface area contributed by atoms with Gasteiger partial charge in [0.15, 0.2) is 0 Å². The lowest BCUT2D eigenvalue weighted by Crippen LogP contribution is -2.19. The van der Waals surface area contributed by atoms with Gasteiger partial charge < -0.3 is 10.1 Å². The highest BCUT2D eigenvalue weighted by Crippen LogP contribution is 2.26. The molecule has 2 aromatic rings. The van der Waals surface area contributed by atoms with Gasteiger partial charge in [-0.1, -0.05) is 25.1 Å². The lowest BCUT2D eigenvalue weighted by Gasteiger charge is -2.18. The van der Waals surface area contributed by atoms with Crippen LogP contribution in [0.15, 0.2) is 42.6 Å². The molecule has 1 aromatic carbocycles. The van der Waals surface area contributed by atoms with Gasteiger partial charge in [-0.05, 0) is 44.2 Å². The van der Waals surface area contributed by atoms with Crippen LogP contribution in [-0.2, 0) is 6.42 Å².